The van der Waals surface area contributed by atoms with E-state index in [9.17, 15) is 4.79 Å². The van der Waals surface area contributed by atoms with Crippen LogP contribution in [0.3, 0.4) is 0 Å². The summed E-state index contributed by atoms with van der Waals surface area (Å²) in [5, 5.41) is 0. The monoisotopic (exact) mass is 265 g/mol. The van der Waals surface area contributed by atoms with Crippen molar-refractivity contribution < 1.29 is 4.74 Å². The molecule has 1 unspecified atom stereocenters. The molecule has 1 aliphatic heterocycles. The number of aliphatic imine (C=N–C) groups is 1. The second-order valence-corrected chi connectivity index (χ2v) is 4.62. The number of morpholine rings is 1. The molecule has 0 amide bonds. The standard InChI is InChI=1S/C12H19N5O2/c1-8-7-17(3-4-19-8)12(13)15-6-10-5-14-9(2)16-11(10)18/h5,8H,3-4,6-7H2,1-2H3,(H2,13,15)(H,14,16,18). The number of H-pyrrole nitrogens is 1. The van der Waals surface area contributed by atoms with E-state index in [0.717, 1.165) is 13.1 Å². The molecule has 1 aromatic heterocycles. The number of nitrogens with one attached hydrogen (secondary N) is 1. The Kier molecular flexibility index (Phi) is 4.16. The van der Waals surface area contributed by atoms with Crippen molar-refractivity contribution in [3.8, 4) is 0 Å². The van der Waals surface area contributed by atoms with Gasteiger partial charge in [-0.15, -0.1) is 0 Å². The third kappa shape index (κ3) is 3.54. The molecule has 0 bridgehead atoms. The van der Waals surface area contributed by atoms with Crippen LogP contribution < -0.4 is 11.3 Å². The van der Waals surface area contributed by atoms with Crippen molar-refractivity contribution in [1.82, 2.24) is 14.9 Å². The lowest BCUT2D eigenvalue weighted by Gasteiger charge is -2.31. The molecule has 3 N–H and O–H groups in total. The van der Waals surface area contributed by atoms with E-state index in [-0.39, 0.29) is 18.2 Å². The molecule has 2 rings (SSSR count). The van der Waals surface area contributed by atoms with Crippen LogP contribution in [-0.4, -0.2) is 46.6 Å². The Morgan fingerprint density at radius 1 is 1.74 bits per heavy atom. The Hall–Kier alpha value is -1.89. The number of aryl methyl sites for hydroxylation is 1. The Bertz CT molecular complexity index is 525. The maximum absolute atomic E-state index is 11.6. The molecular weight excluding hydrogens is 246 g/mol. The summed E-state index contributed by atoms with van der Waals surface area (Å²) in [6.45, 7) is 6.05. The smallest absolute Gasteiger partial charge is 0.255 e. The molecule has 1 fully saturated rings. The van der Waals surface area contributed by atoms with Crippen LogP contribution in [0.5, 0.6) is 0 Å². The van der Waals surface area contributed by atoms with Crippen molar-refractivity contribution in [3.63, 3.8) is 0 Å². The lowest BCUT2D eigenvalue weighted by molar-refractivity contribution is 0.00528. The fraction of sp³-hybridized carbons (Fsp3) is 0.583. The van der Waals surface area contributed by atoms with E-state index in [2.05, 4.69) is 15.0 Å². The van der Waals surface area contributed by atoms with Crippen LogP contribution in [0.1, 0.15) is 18.3 Å². The second-order valence-electron chi connectivity index (χ2n) is 4.62. The lowest BCUT2D eigenvalue weighted by Crippen LogP contribution is -2.47. The molecule has 1 aliphatic rings. The summed E-state index contributed by atoms with van der Waals surface area (Å²) in [4.78, 5) is 24.5. The maximum atomic E-state index is 11.6. The first-order valence-corrected chi connectivity index (χ1v) is 6.27. The van der Waals surface area contributed by atoms with Crippen LogP contribution in [0.2, 0.25) is 0 Å². The molecular formula is C12H19N5O2. The molecule has 0 saturated carbocycles. The van der Waals surface area contributed by atoms with Gasteiger partial charge in [-0.25, -0.2) is 9.98 Å². The molecule has 0 radical (unpaired) electrons. The SMILES string of the molecule is Cc1ncc(CN=C(N)N2CCOC(C)C2)c(=O)[nH]1. The number of nitrogens with zero attached hydrogens (tertiary/aromatic N) is 3. The van der Waals surface area contributed by atoms with Gasteiger partial charge in [0.05, 0.1) is 24.8 Å². The Morgan fingerprint density at radius 3 is 3.21 bits per heavy atom. The largest absolute Gasteiger partial charge is 0.375 e. The highest BCUT2D eigenvalue weighted by molar-refractivity contribution is 5.78. The van der Waals surface area contributed by atoms with Gasteiger partial charge in [0.1, 0.15) is 5.82 Å². The highest BCUT2D eigenvalue weighted by Crippen LogP contribution is 2.04. The zero-order valence-electron chi connectivity index (χ0n) is 11.2. The molecule has 1 saturated heterocycles. The van der Waals surface area contributed by atoms with E-state index in [4.69, 9.17) is 10.5 Å². The Morgan fingerprint density at radius 2 is 2.53 bits per heavy atom. The van der Waals surface area contributed by atoms with Gasteiger partial charge in [-0.2, -0.15) is 0 Å². The van der Waals surface area contributed by atoms with E-state index in [0.29, 0.717) is 24.0 Å². The van der Waals surface area contributed by atoms with Gasteiger partial charge in [0.25, 0.3) is 5.56 Å². The first kappa shape index (κ1) is 13.5. The summed E-state index contributed by atoms with van der Waals surface area (Å²) in [5.41, 5.74) is 6.27. The van der Waals surface area contributed by atoms with E-state index in [1.54, 1.807) is 6.92 Å². The minimum atomic E-state index is -0.167. The van der Waals surface area contributed by atoms with Crippen molar-refractivity contribution in [2.24, 2.45) is 10.7 Å². The number of aromatic amines is 1. The number of hydrogen-bond acceptors (Lipinski definition) is 4. The van der Waals surface area contributed by atoms with Gasteiger partial charge in [0.15, 0.2) is 5.96 Å². The summed E-state index contributed by atoms with van der Waals surface area (Å²) in [5.74, 6) is 1.03. The molecule has 7 nitrogen and oxygen atoms in total. The molecule has 2 heterocycles. The number of ether oxygens (including phenoxy) is 1. The predicted octanol–water partition coefficient (Wildman–Crippen LogP) is -0.386. The Balaban J connectivity index is 2.03. The lowest BCUT2D eigenvalue weighted by atomic mass is 10.3. The average molecular weight is 265 g/mol. The third-order valence-electron chi connectivity index (χ3n) is 2.98. The normalized spacial score (nSPS) is 20.6. The first-order chi connectivity index (χ1) is 9.06. The summed E-state index contributed by atoms with van der Waals surface area (Å²) in [6, 6.07) is 0. The van der Waals surface area contributed by atoms with Crippen molar-refractivity contribution in [1.29, 1.82) is 0 Å². The van der Waals surface area contributed by atoms with Gasteiger partial charge < -0.3 is 20.4 Å². The third-order valence-corrected chi connectivity index (χ3v) is 2.98. The highest BCUT2D eigenvalue weighted by Gasteiger charge is 2.17. The van der Waals surface area contributed by atoms with E-state index < -0.39 is 0 Å². The van der Waals surface area contributed by atoms with E-state index >= 15 is 0 Å². The molecule has 0 aliphatic carbocycles. The van der Waals surface area contributed by atoms with Gasteiger partial charge in [-0.05, 0) is 13.8 Å². The van der Waals surface area contributed by atoms with Crippen molar-refractivity contribution in [2.75, 3.05) is 19.7 Å². The topological polar surface area (TPSA) is 96.6 Å². The summed E-state index contributed by atoms with van der Waals surface area (Å²) in [6.07, 6.45) is 1.68. The number of rotatable bonds is 2. The van der Waals surface area contributed by atoms with Gasteiger partial charge in [-0.3, -0.25) is 4.79 Å². The van der Waals surface area contributed by atoms with Crippen molar-refractivity contribution in [2.45, 2.75) is 26.5 Å². The van der Waals surface area contributed by atoms with Crippen molar-refractivity contribution >= 4 is 5.96 Å². The number of aromatic nitrogens is 2. The summed E-state index contributed by atoms with van der Waals surface area (Å²) >= 11 is 0. The fourth-order valence-electron chi connectivity index (χ4n) is 1.92. The molecule has 0 aromatic carbocycles. The van der Waals surface area contributed by atoms with Crippen LogP contribution in [0.4, 0.5) is 0 Å². The molecule has 19 heavy (non-hydrogen) atoms. The maximum Gasteiger partial charge on any atom is 0.255 e. The zero-order valence-corrected chi connectivity index (χ0v) is 11.2. The van der Waals surface area contributed by atoms with Crippen LogP contribution in [0.15, 0.2) is 16.0 Å². The minimum Gasteiger partial charge on any atom is -0.375 e. The number of guanidine groups is 1. The Labute approximate surface area is 111 Å². The van der Waals surface area contributed by atoms with Gasteiger partial charge in [-0.1, -0.05) is 0 Å². The summed E-state index contributed by atoms with van der Waals surface area (Å²) in [7, 11) is 0. The van der Waals surface area contributed by atoms with Crippen LogP contribution >= 0.6 is 0 Å². The fourth-order valence-corrected chi connectivity index (χ4v) is 1.92. The van der Waals surface area contributed by atoms with Crippen LogP contribution in [0, 0.1) is 6.92 Å². The number of hydrogen-bond donors (Lipinski definition) is 2. The number of nitrogens with two attached hydrogens (primary N) is 1. The van der Waals surface area contributed by atoms with E-state index in [1.165, 1.54) is 6.20 Å². The van der Waals surface area contributed by atoms with Crippen molar-refractivity contribution in [3.05, 3.63) is 27.9 Å². The van der Waals surface area contributed by atoms with Crippen LogP contribution in [-0.2, 0) is 11.3 Å². The van der Waals surface area contributed by atoms with Gasteiger partial charge in [0, 0.05) is 19.3 Å². The van der Waals surface area contributed by atoms with Gasteiger partial charge >= 0.3 is 0 Å². The predicted molar refractivity (Wildman–Crippen MR) is 71.9 cm³/mol. The minimum absolute atomic E-state index is 0.145. The quantitative estimate of drug-likeness (QED) is 0.561. The highest BCUT2D eigenvalue weighted by atomic mass is 16.5. The average Bonchev–Trinajstić information content (AvgIpc) is 2.37. The molecule has 0 spiro atoms. The molecule has 1 aromatic rings. The summed E-state index contributed by atoms with van der Waals surface area (Å²) < 4.78 is 5.44. The first-order valence-electron chi connectivity index (χ1n) is 6.27. The van der Waals surface area contributed by atoms with E-state index in [1.807, 2.05) is 11.8 Å². The van der Waals surface area contributed by atoms with Crippen LogP contribution in [0.25, 0.3) is 0 Å². The zero-order chi connectivity index (χ0) is 13.8. The molecule has 104 valence electrons. The second kappa shape index (κ2) is 5.83. The molecule has 1 atom stereocenters. The molecule has 7 heteroatoms. The van der Waals surface area contributed by atoms with Gasteiger partial charge in [0.2, 0.25) is 0 Å².